The molecule has 0 bridgehead atoms. The number of carbonyl (C=O) groups excluding carboxylic acids is 1. The zero-order chi connectivity index (χ0) is 16.7. The van der Waals surface area contributed by atoms with Crippen molar-refractivity contribution in [1.82, 2.24) is 15.5 Å². The van der Waals surface area contributed by atoms with Gasteiger partial charge >= 0.3 is 6.03 Å². The predicted molar refractivity (Wildman–Crippen MR) is 92.4 cm³/mol. The van der Waals surface area contributed by atoms with E-state index in [1.54, 1.807) is 0 Å². The smallest absolute Gasteiger partial charge is 0.314 e. The van der Waals surface area contributed by atoms with Gasteiger partial charge in [0.1, 0.15) is 0 Å². The number of urea groups is 1. The van der Waals surface area contributed by atoms with Crippen molar-refractivity contribution in [1.29, 1.82) is 0 Å². The van der Waals surface area contributed by atoms with Gasteiger partial charge in [-0.3, -0.25) is 0 Å². The van der Waals surface area contributed by atoms with Gasteiger partial charge in [0, 0.05) is 19.1 Å². The lowest BCUT2D eigenvalue weighted by molar-refractivity contribution is 0.0500. The highest BCUT2D eigenvalue weighted by Gasteiger charge is 2.31. The van der Waals surface area contributed by atoms with Crippen molar-refractivity contribution in [2.24, 2.45) is 0 Å². The van der Waals surface area contributed by atoms with E-state index in [2.05, 4.69) is 27.7 Å². The van der Waals surface area contributed by atoms with Gasteiger partial charge in [0.2, 0.25) is 0 Å². The van der Waals surface area contributed by atoms with E-state index in [-0.39, 0.29) is 12.1 Å². The second kappa shape index (κ2) is 8.31. The van der Waals surface area contributed by atoms with Gasteiger partial charge in [-0.25, -0.2) is 4.79 Å². The molecule has 1 aromatic carbocycles. The Hall–Kier alpha value is -1.59. The van der Waals surface area contributed by atoms with E-state index in [1.807, 2.05) is 32.3 Å². The number of nitrogens with zero attached hydrogens (tertiary/aromatic N) is 1. The molecule has 0 heterocycles. The quantitative estimate of drug-likeness (QED) is 0.717. The van der Waals surface area contributed by atoms with Gasteiger partial charge in [0.25, 0.3) is 0 Å². The molecule has 5 heteroatoms. The van der Waals surface area contributed by atoms with E-state index in [4.69, 9.17) is 0 Å². The highest BCUT2D eigenvalue weighted by molar-refractivity contribution is 5.73. The highest BCUT2D eigenvalue weighted by Crippen LogP contribution is 2.28. The first kappa shape index (κ1) is 17.8. The molecule has 1 atom stereocenters. The van der Waals surface area contributed by atoms with Gasteiger partial charge in [-0.2, -0.15) is 0 Å². The number of hydrogen-bond acceptors (Lipinski definition) is 3. The molecule has 0 aromatic heterocycles. The molecular weight excluding hydrogens is 290 g/mol. The Bertz CT molecular complexity index is 484. The van der Waals surface area contributed by atoms with Gasteiger partial charge < -0.3 is 20.6 Å². The Morgan fingerprint density at radius 3 is 2.48 bits per heavy atom. The van der Waals surface area contributed by atoms with Crippen LogP contribution in [0.15, 0.2) is 30.3 Å². The molecule has 2 rings (SSSR count). The second-order valence-corrected chi connectivity index (χ2v) is 6.80. The molecule has 23 heavy (non-hydrogen) atoms. The van der Waals surface area contributed by atoms with Crippen molar-refractivity contribution in [2.75, 3.05) is 27.2 Å². The molecule has 0 aliphatic heterocycles. The molecule has 2 amide bonds. The lowest BCUT2D eigenvalue weighted by Gasteiger charge is -2.26. The summed E-state index contributed by atoms with van der Waals surface area (Å²) >= 11 is 0. The predicted octanol–water partition coefficient (Wildman–Crippen LogP) is 1.76. The summed E-state index contributed by atoms with van der Waals surface area (Å²) in [6, 6.07) is 10.3. The number of carbonyl (C=O) groups is 1. The summed E-state index contributed by atoms with van der Waals surface area (Å²) in [7, 11) is 4.04. The SMILES string of the molecule is CN(C)C(CNC(=O)NCC1(O)CCCC1)Cc1ccccc1. The molecule has 1 saturated carbocycles. The Labute approximate surface area is 139 Å². The van der Waals surface area contributed by atoms with Crippen LogP contribution in [0.25, 0.3) is 0 Å². The number of hydrogen-bond donors (Lipinski definition) is 3. The van der Waals surface area contributed by atoms with E-state index < -0.39 is 5.60 Å². The minimum atomic E-state index is -0.706. The Balaban J connectivity index is 1.75. The van der Waals surface area contributed by atoms with Gasteiger partial charge in [-0.05, 0) is 38.9 Å². The monoisotopic (exact) mass is 319 g/mol. The summed E-state index contributed by atoms with van der Waals surface area (Å²) in [5, 5.41) is 16.0. The van der Waals surface area contributed by atoms with Crippen LogP contribution in [0.4, 0.5) is 4.79 Å². The number of likely N-dealkylation sites (N-methyl/N-ethyl adjacent to an activating group) is 1. The summed E-state index contributed by atoms with van der Waals surface area (Å²) < 4.78 is 0. The fourth-order valence-electron chi connectivity index (χ4n) is 3.05. The zero-order valence-electron chi connectivity index (χ0n) is 14.2. The average Bonchev–Trinajstić information content (AvgIpc) is 2.97. The van der Waals surface area contributed by atoms with Crippen LogP contribution in [-0.4, -0.2) is 54.9 Å². The van der Waals surface area contributed by atoms with Crippen molar-refractivity contribution in [2.45, 2.75) is 43.7 Å². The van der Waals surface area contributed by atoms with E-state index in [0.29, 0.717) is 13.1 Å². The maximum absolute atomic E-state index is 12.0. The van der Waals surface area contributed by atoms with Crippen molar-refractivity contribution < 1.29 is 9.90 Å². The van der Waals surface area contributed by atoms with E-state index >= 15 is 0 Å². The third-order valence-corrected chi connectivity index (χ3v) is 4.65. The lowest BCUT2D eigenvalue weighted by Crippen LogP contribution is -2.48. The largest absolute Gasteiger partial charge is 0.388 e. The Morgan fingerprint density at radius 1 is 1.22 bits per heavy atom. The van der Waals surface area contributed by atoms with E-state index in [9.17, 15) is 9.90 Å². The van der Waals surface area contributed by atoms with Gasteiger partial charge in [0.05, 0.1) is 5.60 Å². The third-order valence-electron chi connectivity index (χ3n) is 4.65. The maximum atomic E-state index is 12.0. The van der Waals surface area contributed by atoms with Crippen molar-refractivity contribution in [3.63, 3.8) is 0 Å². The molecule has 128 valence electrons. The summed E-state index contributed by atoms with van der Waals surface area (Å²) in [5.41, 5.74) is 0.552. The van der Waals surface area contributed by atoms with Crippen molar-refractivity contribution in [3.8, 4) is 0 Å². The number of amides is 2. The van der Waals surface area contributed by atoms with Crippen LogP contribution >= 0.6 is 0 Å². The number of rotatable bonds is 7. The van der Waals surface area contributed by atoms with Crippen molar-refractivity contribution in [3.05, 3.63) is 35.9 Å². The van der Waals surface area contributed by atoms with Gasteiger partial charge in [-0.15, -0.1) is 0 Å². The van der Waals surface area contributed by atoms with Crippen LogP contribution in [-0.2, 0) is 6.42 Å². The summed E-state index contributed by atoms with van der Waals surface area (Å²) in [6.07, 6.45) is 4.53. The molecule has 0 saturated heterocycles. The number of aliphatic hydroxyl groups is 1. The molecule has 1 aromatic rings. The summed E-state index contributed by atoms with van der Waals surface area (Å²) in [4.78, 5) is 14.1. The molecule has 0 spiro atoms. The van der Waals surface area contributed by atoms with Crippen molar-refractivity contribution >= 4 is 6.03 Å². The molecule has 1 aliphatic carbocycles. The first-order valence-corrected chi connectivity index (χ1v) is 8.43. The zero-order valence-corrected chi connectivity index (χ0v) is 14.2. The van der Waals surface area contributed by atoms with Crippen LogP contribution < -0.4 is 10.6 Å². The fourth-order valence-corrected chi connectivity index (χ4v) is 3.05. The van der Waals surface area contributed by atoms with E-state index in [1.165, 1.54) is 5.56 Å². The minimum Gasteiger partial charge on any atom is -0.388 e. The fraction of sp³-hybridized carbons (Fsp3) is 0.611. The molecule has 1 fully saturated rings. The third kappa shape index (κ3) is 5.84. The summed E-state index contributed by atoms with van der Waals surface area (Å²) in [5.74, 6) is 0. The minimum absolute atomic E-state index is 0.203. The molecule has 5 nitrogen and oxygen atoms in total. The van der Waals surface area contributed by atoms with Crippen LogP contribution in [0, 0.1) is 0 Å². The van der Waals surface area contributed by atoms with Crippen LogP contribution in [0.1, 0.15) is 31.2 Å². The Kier molecular flexibility index (Phi) is 6.42. The van der Waals surface area contributed by atoms with E-state index in [0.717, 1.165) is 32.1 Å². The molecular formula is C18H29N3O2. The van der Waals surface area contributed by atoms with Crippen LogP contribution in [0.5, 0.6) is 0 Å². The summed E-state index contributed by atoms with van der Waals surface area (Å²) in [6.45, 7) is 0.913. The standard InChI is InChI=1S/C18H29N3O2/c1-21(2)16(12-15-8-4-3-5-9-15)13-19-17(22)20-14-18(23)10-6-7-11-18/h3-5,8-9,16,23H,6-7,10-14H2,1-2H3,(H2,19,20,22). The average molecular weight is 319 g/mol. The van der Waals surface area contributed by atoms with Crippen LogP contribution in [0.3, 0.4) is 0 Å². The molecule has 3 N–H and O–H groups in total. The van der Waals surface area contributed by atoms with Crippen LogP contribution in [0.2, 0.25) is 0 Å². The molecule has 1 aliphatic rings. The van der Waals surface area contributed by atoms with Gasteiger partial charge in [-0.1, -0.05) is 43.2 Å². The first-order chi connectivity index (χ1) is 11.0. The second-order valence-electron chi connectivity index (χ2n) is 6.80. The number of nitrogens with one attached hydrogen (secondary N) is 2. The Morgan fingerprint density at radius 2 is 1.87 bits per heavy atom. The first-order valence-electron chi connectivity index (χ1n) is 8.43. The lowest BCUT2D eigenvalue weighted by atomic mass is 10.0. The van der Waals surface area contributed by atoms with Gasteiger partial charge in [0.15, 0.2) is 0 Å². The highest BCUT2D eigenvalue weighted by atomic mass is 16.3. The molecule has 0 radical (unpaired) electrons. The normalized spacial score (nSPS) is 17.9. The maximum Gasteiger partial charge on any atom is 0.314 e. The topological polar surface area (TPSA) is 64.6 Å². The number of benzene rings is 1. The molecule has 1 unspecified atom stereocenters.